The summed E-state index contributed by atoms with van der Waals surface area (Å²) in [5.41, 5.74) is 2.78. The molecule has 0 saturated carbocycles. The van der Waals surface area contributed by atoms with Crippen LogP contribution in [0.25, 0.3) is 0 Å². The van der Waals surface area contributed by atoms with Gasteiger partial charge in [0.05, 0.1) is 11.5 Å². The Labute approximate surface area is 168 Å². The molecule has 0 spiro atoms. The quantitative estimate of drug-likeness (QED) is 0.386. The fraction of sp³-hybridized carbons (Fsp3) is 0.364. The number of rotatable bonds is 8. The predicted octanol–water partition coefficient (Wildman–Crippen LogP) is 3.57. The third-order valence-corrected chi connectivity index (χ3v) is 5.85. The molecule has 2 aromatic carbocycles. The van der Waals surface area contributed by atoms with Gasteiger partial charge in [0.15, 0.2) is 6.29 Å². The molecule has 0 aromatic heterocycles. The first-order chi connectivity index (χ1) is 13.3. The van der Waals surface area contributed by atoms with Gasteiger partial charge in [-0.05, 0) is 56.9 Å². The summed E-state index contributed by atoms with van der Waals surface area (Å²) < 4.78 is 37.3. The second kappa shape index (κ2) is 10.3. The van der Waals surface area contributed by atoms with Crippen LogP contribution in [-0.4, -0.2) is 39.3 Å². The second-order valence-corrected chi connectivity index (χ2v) is 8.29. The largest absolute Gasteiger partial charge is 0.353 e. The van der Waals surface area contributed by atoms with Crippen molar-refractivity contribution in [2.45, 2.75) is 38.4 Å². The molecule has 0 N–H and O–H groups in total. The Morgan fingerprint density at radius 2 is 1.75 bits per heavy atom. The predicted molar refractivity (Wildman–Crippen MR) is 110 cm³/mol. The van der Waals surface area contributed by atoms with Crippen molar-refractivity contribution in [1.82, 2.24) is 4.31 Å². The molecule has 6 heteroatoms. The van der Waals surface area contributed by atoms with Crippen LogP contribution in [0.5, 0.6) is 0 Å². The van der Waals surface area contributed by atoms with Gasteiger partial charge in [-0.15, -0.1) is 0 Å². The molecule has 2 aromatic rings. The molecule has 0 fully saturated rings. The zero-order valence-electron chi connectivity index (χ0n) is 16.8. The molecule has 0 heterocycles. The molecule has 28 heavy (non-hydrogen) atoms. The van der Waals surface area contributed by atoms with Crippen LogP contribution in [0.1, 0.15) is 30.5 Å². The maximum atomic E-state index is 12.6. The number of nitrogens with zero attached hydrogens (tertiary/aromatic N) is 1. The van der Waals surface area contributed by atoms with Gasteiger partial charge in [0.1, 0.15) is 0 Å². The van der Waals surface area contributed by atoms with Crippen LogP contribution in [-0.2, 0) is 25.9 Å². The minimum atomic E-state index is -3.65. The van der Waals surface area contributed by atoms with Gasteiger partial charge >= 0.3 is 0 Å². The van der Waals surface area contributed by atoms with E-state index in [1.165, 1.54) is 7.05 Å². The van der Waals surface area contributed by atoms with Crippen LogP contribution in [0.4, 0.5) is 0 Å². The molecule has 150 valence electrons. The SMILES string of the molecule is CCOC(C)OCCc1ccccc1C#CN(C)S(=O)(=O)c1ccc(C)cc1. The Kier molecular flexibility index (Phi) is 8.06. The van der Waals surface area contributed by atoms with Crippen molar-refractivity contribution >= 4 is 10.0 Å². The summed E-state index contributed by atoms with van der Waals surface area (Å²) in [5, 5.41) is 0. The maximum Gasteiger partial charge on any atom is 0.270 e. The molecule has 0 radical (unpaired) electrons. The van der Waals surface area contributed by atoms with E-state index in [4.69, 9.17) is 9.47 Å². The van der Waals surface area contributed by atoms with Crippen molar-refractivity contribution in [3.63, 3.8) is 0 Å². The normalized spacial score (nSPS) is 12.1. The number of aryl methyl sites for hydroxylation is 1. The van der Waals surface area contributed by atoms with Crippen LogP contribution in [0, 0.1) is 18.9 Å². The highest BCUT2D eigenvalue weighted by Crippen LogP contribution is 2.15. The van der Waals surface area contributed by atoms with Gasteiger partial charge in [-0.2, -0.15) is 0 Å². The van der Waals surface area contributed by atoms with Gasteiger partial charge in [0, 0.05) is 25.3 Å². The summed E-state index contributed by atoms with van der Waals surface area (Å²) in [6.45, 7) is 6.80. The molecule has 0 bridgehead atoms. The van der Waals surface area contributed by atoms with Crippen LogP contribution < -0.4 is 0 Å². The molecule has 1 unspecified atom stereocenters. The smallest absolute Gasteiger partial charge is 0.270 e. The van der Waals surface area contributed by atoms with Gasteiger partial charge in [-0.1, -0.05) is 35.9 Å². The molecule has 2 rings (SSSR count). The minimum absolute atomic E-state index is 0.224. The number of hydrogen-bond acceptors (Lipinski definition) is 4. The summed E-state index contributed by atoms with van der Waals surface area (Å²) in [4.78, 5) is 0.224. The highest BCUT2D eigenvalue weighted by molar-refractivity contribution is 7.89. The molecule has 0 aliphatic carbocycles. The van der Waals surface area contributed by atoms with E-state index in [1.54, 1.807) is 24.3 Å². The Balaban J connectivity index is 2.11. The second-order valence-electron chi connectivity index (χ2n) is 6.32. The monoisotopic (exact) mass is 401 g/mol. The van der Waals surface area contributed by atoms with E-state index >= 15 is 0 Å². The molecule has 1 atom stereocenters. The molecular weight excluding hydrogens is 374 g/mol. The zero-order chi connectivity index (χ0) is 20.6. The summed E-state index contributed by atoms with van der Waals surface area (Å²) in [6.07, 6.45) is 0.408. The number of sulfonamides is 1. The highest BCUT2D eigenvalue weighted by Gasteiger charge is 2.18. The van der Waals surface area contributed by atoms with Crippen molar-refractivity contribution in [2.75, 3.05) is 20.3 Å². The van der Waals surface area contributed by atoms with Crippen molar-refractivity contribution < 1.29 is 17.9 Å². The number of benzene rings is 2. The van der Waals surface area contributed by atoms with Crippen LogP contribution in [0.2, 0.25) is 0 Å². The van der Waals surface area contributed by atoms with E-state index in [-0.39, 0.29) is 11.2 Å². The summed E-state index contributed by atoms with van der Waals surface area (Å²) in [7, 11) is -2.20. The molecule has 0 amide bonds. The lowest BCUT2D eigenvalue weighted by atomic mass is 10.1. The summed E-state index contributed by atoms with van der Waals surface area (Å²) in [6, 6.07) is 17.1. The van der Waals surface area contributed by atoms with Crippen LogP contribution in [0.3, 0.4) is 0 Å². The van der Waals surface area contributed by atoms with Gasteiger partial charge in [0.2, 0.25) is 0 Å². The summed E-state index contributed by atoms with van der Waals surface area (Å²) in [5.74, 6) is 2.97. The standard InChI is InChI=1S/C22H27NO4S/c1-5-26-19(3)27-17-15-21-9-7-6-8-20(21)14-16-23(4)28(24,25)22-12-10-18(2)11-13-22/h6-13,19H,5,15,17H2,1-4H3. The fourth-order valence-electron chi connectivity index (χ4n) is 2.55. The molecule has 0 aliphatic rings. The Morgan fingerprint density at radius 1 is 1.07 bits per heavy atom. The zero-order valence-corrected chi connectivity index (χ0v) is 17.6. The van der Waals surface area contributed by atoms with E-state index in [9.17, 15) is 8.42 Å². The van der Waals surface area contributed by atoms with Crippen molar-refractivity contribution in [2.24, 2.45) is 0 Å². The average molecular weight is 402 g/mol. The van der Waals surface area contributed by atoms with E-state index in [2.05, 4.69) is 12.0 Å². The molecule has 0 aliphatic heterocycles. The first-order valence-corrected chi connectivity index (χ1v) is 10.7. The minimum Gasteiger partial charge on any atom is -0.353 e. The maximum absolute atomic E-state index is 12.6. The lowest BCUT2D eigenvalue weighted by Gasteiger charge is -2.13. The van der Waals surface area contributed by atoms with Crippen LogP contribution in [0.15, 0.2) is 53.4 Å². The van der Waals surface area contributed by atoms with E-state index < -0.39 is 10.0 Å². The van der Waals surface area contributed by atoms with Crippen molar-refractivity contribution in [3.8, 4) is 12.0 Å². The first kappa shape index (κ1) is 22.0. The van der Waals surface area contributed by atoms with E-state index in [0.29, 0.717) is 19.6 Å². The van der Waals surface area contributed by atoms with Gasteiger partial charge in [-0.3, -0.25) is 0 Å². The topological polar surface area (TPSA) is 55.8 Å². The molecule has 5 nitrogen and oxygen atoms in total. The first-order valence-electron chi connectivity index (χ1n) is 9.23. The molecule has 0 saturated heterocycles. The van der Waals surface area contributed by atoms with Gasteiger partial charge in [-0.25, -0.2) is 12.7 Å². The lowest BCUT2D eigenvalue weighted by molar-refractivity contribution is -0.126. The fourth-order valence-corrected chi connectivity index (χ4v) is 3.51. The molecular formula is C22H27NO4S. The van der Waals surface area contributed by atoms with Crippen LogP contribution >= 0.6 is 0 Å². The third-order valence-electron chi connectivity index (χ3n) is 4.17. The lowest BCUT2D eigenvalue weighted by Crippen LogP contribution is -2.22. The Morgan fingerprint density at radius 3 is 2.43 bits per heavy atom. The summed E-state index contributed by atoms with van der Waals surface area (Å²) >= 11 is 0. The average Bonchev–Trinajstić information content (AvgIpc) is 2.67. The van der Waals surface area contributed by atoms with E-state index in [0.717, 1.165) is 21.0 Å². The number of hydrogen-bond donors (Lipinski definition) is 0. The van der Waals surface area contributed by atoms with Gasteiger partial charge < -0.3 is 9.47 Å². The van der Waals surface area contributed by atoms with Crippen molar-refractivity contribution in [1.29, 1.82) is 0 Å². The Bertz CT molecular complexity index is 927. The highest BCUT2D eigenvalue weighted by atomic mass is 32.2. The van der Waals surface area contributed by atoms with E-state index in [1.807, 2.05) is 45.0 Å². The Hall–Kier alpha value is -2.33. The number of ether oxygens (including phenoxy) is 2. The van der Waals surface area contributed by atoms with Gasteiger partial charge in [0.25, 0.3) is 10.0 Å². The third kappa shape index (κ3) is 6.10. The van der Waals surface area contributed by atoms with Crippen molar-refractivity contribution in [3.05, 3.63) is 65.2 Å².